The van der Waals surface area contributed by atoms with Gasteiger partial charge in [-0.3, -0.25) is 9.52 Å². The third-order valence-corrected chi connectivity index (χ3v) is 4.33. The van der Waals surface area contributed by atoms with Gasteiger partial charge in [0.2, 0.25) is 0 Å². The van der Waals surface area contributed by atoms with Gasteiger partial charge in [-0.25, -0.2) is 17.2 Å². The molecule has 5 nitrogen and oxygen atoms in total. The minimum absolute atomic E-state index is 0.172. The highest BCUT2D eigenvalue weighted by Crippen LogP contribution is 2.19. The molecule has 2 aromatic rings. The Kier molecular flexibility index (Phi) is 5.50. The number of sulfonamides is 1. The molecular weight excluding hydrogens is 383 g/mol. The molecule has 0 aliphatic rings. The molecular formula is C15H11F5N2O3S. The van der Waals surface area contributed by atoms with E-state index in [-0.39, 0.29) is 11.3 Å². The highest BCUT2D eigenvalue weighted by molar-refractivity contribution is 7.92. The summed E-state index contributed by atoms with van der Waals surface area (Å²) in [4.78, 5) is 11.0. The lowest BCUT2D eigenvalue weighted by Gasteiger charge is -2.11. The maximum atomic E-state index is 13.2. The van der Waals surface area contributed by atoms with Gasteiger partial charge >= 0.3 is 6.18 Å². The Morgan fingerprint density at radius 3 is 2.19 bits per heavy atom. The lowest BCUT2D eigenvalue weighted by Crippen LogP contribution is -2.33. The van der Waals surface area contributed by atoms with Crippen LogP contribution in [0.4, 0.5) is 27.6 Å². The van der Waals surface area contributed by atoms with E-state index >= 15 is 0 Å². The molecule has 140 valence electrons. The lowest BCUT2D eigenvalue weighted by molar-refractivity contribution is -0.123. The average molecular weight is 394 g/mol. The fraction of sp³-hybridized carbons (Fsp3) is 0.133. The van der Waals surface area contributed by atoms with Crippen molar-refractivity contribution in [1.29, 1.82) is 0 Å². The van der Waals surface area contributed by atoms with E-state index in [1.807, 2.05) is 4.72 Å². The van der Waals surface area contributed by atoms with Gasteiger partial charge in [0.25, 0.3) is 15.9 Å². The molecule has 0 saturated heterocycles. The van der Waals surface area contributed by atoms with Gasteiger partial charge in [0, 0.05) is 17.3 Å². The van der Waals surface area contributed by atoms with E-state index in [9.17, 15) is 35.2 Å². The molecule has 0 saturated carbocycles. The number of hydrogen-bond donors (Lipinski definition) is 2. The molecule has 2 rings (SSSR count). The molecule has 0 atom stereocenters. The van der Waals surface area contributed by atoms with Crippen LogP contribution in [0.15, 0.2) is 47.4 Å². The van der Waals surface area contributed by atoms with Gasteiger partial charge in [-0.15, -0.1) is 0 Å². The number of alkyl halides is 3. The summed E-state index contributed by atoms with van der Waals surface area (Å²) in [5.41, 5.74) is -0.408. The number of hydrogen-bond acceptors (Lipinski definition) is 3. The Bertz CT molecular complexity index is 909. The maximum absolute atomic E-state index is 13.2. The predicted octanol–water partition coefficient (Wildman–Crippen LogP) is 3.06. The van der Waals surface area contributed by atoms with Crippen molar-refractivity contribution in [1.82, 2.24) is 5.32 Å². The summed E-state index contributed by atoms with van der Waals surface area (Å²) in [6.07, 6.45) is -4.60. The normalized spacial score (nSPS) is 11.9. The SMILES string of the molecule is O=C(NCC(F)(F)F)c1cccc(NS(=O)(=O)c2cc(F)cc(F)c2)c1. The van der Waals surface area contributed by atoms with E-state index in [2.05, 4.69) is 0 Å². The molecule has 26 heavy (non-hydrogen) atoms. The molecule has 2 aromatic carbocycles. The summed E-state index contributed by atoms with van der Waals surface area (Å²) < 4.78 is 89.0. The van der Waals surface area contributed by atoms with E-state index in [0.717, 1.165) is 6.07 Å². The molecule has 0 radical (unpaired) electrons. The molecule has 0 aromatic heterocycles. The molecule has 0 aliphatic heterocycles. The Balaban J connectivity index is 2.21. The van der Waals surface area contributed by atoms with Crippen LogP contribution in [0.25, 0.3) is 0 Å². The summed E-state index contributed by atoms with van der Waals surface area (Å²) >= 11 is 0. The van der Waals surface area contributed by atoms with Gasteiger partial charge in [-0.1, -0.05) is 6.07 Å². The van der Waals surface area contributed by atoms with Crippen LogP contribution >= 0.6 is 0 Å². The van der Waals surface area contributed by atoms with Crippen molar-refractivity contribution in [2.75, 3.05) is 11.3 Å². The second-order valence-electron chi connectivity index (χ2n) is 5.09. The molecule has 0 fully saturated rings. The van der Waals surface area contributed by atoms with Gasteiger partial charge in [0.05, 0.1) is 4.90 Å². The average Bonchev–Trinajstić information content (AvgIpc) is 2.51. The Morgan fingerprint density at radius 1 is 1.00 bits per heavy atom. The summed E-state index contributed by atoms with van der Waals surface area (Å²) in [5, 5.41) is 1.64. The second kappa shape index (κ2) is 7.28. The summed E-state index contributed by atoms with van der Waals surface area (Å²) in [7, 11) is -4.38. The monoisotopic (exact) mass is 394 g/mol. The fourth-order valence-electron chi connectivity index (χ4n) is 1.90. The Hall–Kier alpha value is -2.69. The molecule has 0 spiro atoms. The van der Waals surface area contributed by atoms with Crippen LogP contribution in [0.3, 0.4) is 0 Å². The number of benzene rings is 2. The number of nitrogens with one attached hydrogen (secondary N) is 2. The van der Waals surface area contributed by atoms with E-state index in [0.29, 0.717) is 18.2 Å². The quantitative estimate of drug-likeness (QED) is 0.766. The third-order valence-electron chi connectivity index (χ3n) is 2.97. The zero-order chi connectivity index (χ0) is 19.5. The smallest absolute Gasteiger partial charge is 0.343 e. The van der Waals surface area contributed by atoms with Gasteiger partial charge < -0.3 is 5.32 Å². The van der Waals surface area contributed by atoms with Crippen LogP contribution in [0.5, 0.6) is 0 Å². The number of carbonyl (C=O) groups is 1. The fourth-order valence-corrected chi connectivity index (χ4v) is 2.99. The van der Waals surface area contributed by atoms with Crippen molar-refractivity contribution in [3.63, 3.8) is 0 Å². The summed E-state index contributed by atoms with van der Waals surface area (Å²) in [6, 6.07) is 6.27. The van der Waals surface area contributed by atoms with Crippen LogP contribution in [0.1, 0.15) is 10.4 Å². The number of halogens is 5. The van der Waals surface area contributed by atoms with Crippen LogP contribution in [0.2, 0.25) is 0 Å². The van der Waals surface area contributed by atoms with Crippen molar-refractivity contribution >= 4 is 21.6 Å². The van der Waals surface area contributed by atoms with Crippen molar-refractivity contribution in [2.24, 2.45) is 0 Å². The third kappa shape index (κ3) is 5.41. The molecule has 1 amide bonds. The van der Waals surface area contributed by atoms with E-state index < -0.39 is 45.2 Å². The van der Waals surface area contributed by atoms with Crippen molar-refractivity contribution < 1.29 is 35.2 Å². The first-order valence-electron chi connectivity index (χ1n) is 6.90. The highest BCUT2D eigenvalue weighted by Gasteiger charge is 2.28. The Labute approximate surface area is 144 Å². The molecule has 11 heteroatoms. The zero-order valence-electron chi connectivity index (χ0n) is 12.8. The van der Waals surface area contributed by atoms with Crippen LogP contribution < -0.4 is 10.0 Å². The summed E-state index contributed by atoms with van der Waals surface area (Å²) in [6.45, 7) is -1.55. The molecule has 2 N–H and O–H groups in total. The highest BCUT2D eigenvalue weighted by atomic mass is 32.2. The minimum Gasteiger partial charge on any atom is -0.343 e. The van der Waals surface area contributed by atoms with Crippen molar-refractivity contribution in [3.8, 4) is 0 Å². The first-order valence-corrected chi connectivity index (χ1v) is 8.38. The minimum atomic E-state index is -4.60. The van der Waals surface area contributed by atoms with Crippen LogP contribution in [-0.2, 0) is 10.0 Å². The first kappa shape index (κ1) is 19.6. The molecule has 0 heterocycles. The number of anilines is 1. The van der Waals surface area contributed by atoms with E-state index in [1.165, 1.54) is 18.2 Å². The van der Waals surface area contributed by atoms with Crippen molar-refractivity contribution in [3.05, 3.63) is 59.7 Å². The lowest BCUT2D eigenvalue weighted by atomic mass is 10.2. The predicted molar refractivity (Wildman–Crippen MR) is 82.0 cm³/mol. The molecule has 0 unspecified atom stereocenters. The van der Waals surface area contributed by atoms with Gasteiger partial charge in [0.15, 0.2) is 0 Å². The second-order valence-corrected chi connectivity index (χ2v) is 6.77. The van der Waals surface area contributed by atoms with E-state index in [4.69, 9.17) is 0 Å². The van der Waals surface area contributed by atoms with Gasteiger partial charge in [-0.2, -0.15) is 13.2 Å². The summed E-state index contributed by atoms with van der Waals surface area (Å²) in [5.74, 6) is -3.28. The maximum Gasteiger partial charge on any atom is 0.405 e. The van der Waals surface area contributed by atoms with Crippen LogP contribution in [0, 0.1) is 11.6 Å². The standard InChI is InChI=1S/C15H11F5N2O3S/c16-10-5-11(17)7-13(6-10)26(24,25)22-12-3-1-2-9(4-12)14(23)21-8-15(18,19)20/h1-7,22H,8H2,(H,21,23). The zero-order valence-corrected chi connectivity index (χ0v) is 13.6. The molecule has 0 aliphatic carbocycles. The van der Waals surface area contributed by atoms with Gasteiger partial charge in [-0.05, 0) is 30.3 Å². The van der Waals surface area contributed by atoms with Gasteiger partial charge in [0.1, 0.15) is 18.2 Å². The Morgan fingerprint density at radius 2 is 1.62 bits per heavy atom. The molecule has 0 bridgehead atoms. The first-order chi connectivity index (χ1) is 12.0. The number of carbonyl (C=O) groups excluding carboxylic acids is 1. The number of rotatable bonds is 5. The van der Waals surface area contributed by atoms with E-state index in [1.54, 1.807) is 5.32 Å². The topological polar surface area (TPSA) is 75.3 Å². The largest absolute Gasteiger partial charge is 0.405 e. The van der Waals surface area contributed by atoms with Crippen molar-refractivity contribution in [2.45, 2.75) is 11.1 Å². The number of amides is 1. The van der Waals surface area contributed by atoms with Crippen LogP contribution in [-0.4, -0.2) is 27.0 Å².